The van der Waals surface area contributed by atoms with E-state index in [2.05, 4.69) is 41.1 Å². The zero-order valence-electron chi connectivity index (χ0n) is 15.6. The molecule has 4 heteroatoms. The predicted molar refractivity (Wildman–Crippen MR) is 97.3 cm³/mol. The van der Waals surface area contributed by atoms with Gasteiger partial charge in [0.15, 0.2) is 0 Å². The molecule has 1 saturated carbocycles. The Balaban J connectivity index is 1.47. The normalized spacial score (nSPS) is 26.8. The quantitative estimate of drug-likeness (QED) is 0.818. The summed E-state index contributed by atoms with van der Waals surface area (Å²) in [5.74, 6) is 2.81. The van der Waals surface area contributed by atoms with E-state index in [9.17, 15) is 0 Å². The highest BCUT2D eigenvalue weighted by atomic mass is 16.5. The van der Waals surface area contributed by atoms with Crippen LogP contribution in [0.5, 0.6) is 0 Å². The first-order chi connectivity index (χ1) is 11.7. The summed E-state index contributed by atoms with van der Waals surface area (Å²) in [7, 11) is 1.83. The Morgan fingerprint density at radius 1 is 1.04 bits per heavy atom. The summed E-state index contributed by atoms with van der Waals surface area (Å²) in [6.45, 7) is 7.71. The third kappa shape index (κ3) is 4.34. The standard InChI is InChI=1S/C20H33N3O/c1-15(2)20-21-12-18(13-22-20)17-8-10-23(11-9-17)19-6-4-16(5-7-19)14-24-3/h12-13,15-17,19H,4-11,14H2,1-3H3/t16-,19-. The molecule has 0 unspecified atom stereocenters. The first kappa shape index (κ1) is 17.8. The maximum Gasteiger partial charge on any atom is 0.130 e. The van der Waals surface area contributed by atoms with Crippen LogP contribution in [0.2, 0.25) is 0 Å². The van der Waals surface area contributed by atoms with Gasteiger partial charge in [0.1, 0.15) is 5.82 Å². The molecule has 1 aromatic heterocycles. The van der Waals surface area contributed by atoms with Crippen molar-refractivity contribution in [2.24, 2.45) is 5.92 Å². The molecule has 1 saturated heterocycles. The Bertz CT molecular complexity index is 486. The van der Waals surface area contributed by atoms with Gasteiger partial charge in [0.05, 0.1) is 0 Å². The molecule has 0 aromatic carbocycles. The topological polar surface area (TPSA) is 38.2 Å². The third-order valence-electron chi connectivity index (χ3n) is 5.94. The van der Waals surface area contributed by atoms with Crippen LogP contribution in [0, 0.1) is 5.92 Å². The molecule has 0 bridgehead atoms. The number of rotatable bonds is 5. The van der Waals surface area contributed by atoms with Crippen molar-refractivity contribution in [1.82, 2.24) is 14.9 Å². The molecule has 4 nitrogen and oxygen atoms in total. The van der Waals surface area contributed by atoms with Gasteiger partial charge in [-0.1, -0.05) is 13.8 Å². The first-order valence-electron chi connectivity index (χ1n) is 9.72. The summed E-state index contributed by atoms with van der Waals surface area (Å²) >= 11 is 0. The van der Waals surface area contributed by atoms with Crippen molar-refractivity contribution in [3.63, 3.8) is 0 Å². The van der Waals surface area contributed by atoms with E-state index < -0.39 is 0 Å². The molecular formula is C20H33N3O. The molecule has 1 aliphatic heterocycles. The number of methoxy groups -OCH3 is 1. The van der Waals surface area contributed by atoms with Crippen LogP contribution < -0.4 is 0 Å². The van der Waals surface area contributed by atoms with Crippen LogP contribution in [0.3, 0.4) is 0 Å². The molecule has 0 radical (unpaired) electrons. The molecule has 1 aliphatic carbocycles. The lowest BCUT2D eigenvalue weighted by Gasteiger charge is -2.40. The average Bonchev–Trinajstić information content (AvgIpc) is 2.63. The van der Waals surface area contributed by atoms with Gasteiger partial charge in [-0.3, -0.25) is 0 Å². The summed E-state index contributed by atoms with van der Waals surface area (Å²) in [6, 6.07) is 0.804. The van der Waals surface area contributed by atoms with Crippen LogP contribution in [0.25, 0.3) is 0 Å². The van der Waals surface area contributed by atoms with E-state index in [0.717, 1.165) is 24.4 Å². The SMILES string of the molecule is COC[C@H]1CC[C@H](N2CCC(c3cnc(C(C)C)nc3)CC2)CC1. The van der Waals surface area contributed by atoms with E-state index in [1.54, 1.807) is 0 Å². The molecule has 1 aromatic rings. The van der Waals surface area contributed by atoms with Crippen LogP contribution >= 0.6 is 0 Å². The van der Waals surface area contributed by atoms with Gasteiger partial charge in [-0.25, -0.2) is 9.97 Å². The molecule has 3 rings (SSSR count). The highest BCUT2D eigenvalue weighted by Gasteiger charge is 2.29. The van der Waals surface area contributed by atoms with Gasteiger partial charge >= 0.3 is 0 Å². The van der Waals surface area contributed by atoms with Crippen LogP contribution in [-0.2, 0) is 4.74 Å². The Morgan fingerprint density at radius 3 is 2.21 bits per heavy atom. The maximum absolute atomic E-state index is 5.32. The van der Waals surface area contributed by atoms with E-state index in [4.69, 9.17) is 4.74 Å². The lowest BCUT2D eigenvalue weighted by Crippen LogP contribution is -2.43. The first-order valence-corrected chi connectivity index (χ1v) is 9.72. The number of piperidine rings is 1. The third-order valence-corrected chi connectivity index (χ3v) is 5.94. The lowest BCUT2D eigenvalue weighted by atomic mass is 9.83. The molecule has 134 valence electrons. The van der Waals surface area contributed by atoms with Gasteiger partial charge in [0.25, 0.3) is 0 Å². The number of ether oxygens (including phenoxy) is 1. The molecule has 2 aliphatic rings. The fourth-order valence-electron chi connectivity index (χ4n) is 4.37. The van der Waals surface area contributed by atoms with Crippen molar-refractivity contribution < 1.29 is 4.74 Å². The number of nitrogens with zero attached hydrogens (tertiary/aromatic N) is 3. The minimum Gasteiger partial charge on any atom is -0.384 e. The minimum absolute atomic E-state index is 0.411. The van der Waals surface area contributed by atoms with Gasteiger partial charge in [-0.15, -0.1) is 0 Å². The molecule has 0 N–H and O–H groups in total. The number of aromatic nitrogens is 2. The van der Waals surface area contributed by atoms with Crippen molar-refractivity contribution in [3.05, 3.63) is 23.8 Å². The van der Waals surface area contributed by atoms with Crippen LogP contribution in [0.4, 0.5) is 0 Å². The Labute approximate surface area is 147 Å². The fourth-order valence-corrected chi connectivity index (χ4v) is 4.37. The van der Waals surface area contributed by atoms with Gasteiger partial charge in [0, 0.05) is 38.1 Å². The Kier molecular flexibility index (Phi) is 6.23. The summed E-state index contributed by atoms with van der Waals surface area (Å²) in [6.07, 6.45) is 12.0. The van der Waals surface area contributed by atoms with Crippen LogP contribution in [0.1, 0.15) is 75.6 Å². The van der Waals surface area contributed by atoms with E-state index in [0.29, 0.717) is 11.8 Å². The molecule has 0 spiro atoms. The van der Waals surface area contributed by atoms with Gasteiger partial charge < -0.3 is 9.64 Å². The zero-order valence-corrected chi connectivity index (χ0v) is 15.6. The molecule has 0 atom stereocenters. The van der Waals surface area contributed by atoms with Crippen molar-refractivity contribution >= 4 is 0 Å². The summed E-state index contributed by atoms with van der Waals surface area (Å²) in [5, 5.41) is 0. The van der Waals surface area contributed by atoms with Gasteiger partial charge in [-0.05, 0) is 69.0 Å². The van der Waals surface area contributed by atoms with Crippen molar-refractivity contribution in [2.45, 2.75) is 70.3 Å². The molecule has 0 amide bonds. The second-order valence-electron chi connectivity index (χ2n) is 7.97. The minimum atomic E-state index is 0.411. The summed E-state index contributed by atoms with van der Waals surface area (Å²) in [4.78, 5) is 11.8. The van der Waals surface area contributed by atoms with E-state index in [1.165, 1.54) is 57.2 Å². The van der Waals surface area contributed by atoms with Gasteiger partial charge in [-0.2, -0.15) is 0 Å². The van der Waals surface area contributed by atoms with Crippen LogP contribution in [0.15, 0.2) is 12.4 Å². The van der Waals surface area contributed by atoms with Gasteiger partial charge in [0.2, 0.25) is 0 Å². The summed E-state index contributed by atoms with van der Waals surface area (Å²) < 4.78 is 5.32. The fraction of sp³-hybridized carbons (Fsp3) is 0.800. The highest BCUT2D eigenvalue weighted by Crippen LogP contribution is 2.33. The average molecular weight is 332 g/mol. The maximum atomic E-state index is 5.32. The predicted octanol–water partition coefficient (Wildman–Crippen LogP) is 3.98. The summed E-state index contributed by atoms with van der Waals surface area (Å²) in [5.41, 5.74) is 1.34. The molecule has 2 heterocycles. The second-order valence-corrected chi connectivity index (χ2v) is 7.97. The number of hydrogen-bond donors (Lipinski definition) is 0. The largest absolute Gasteiger partial charge is 0.384 e. The second kappa shape index (κ2) is 8.39. The van der Waals surface area contributed by atoms with Crippen LogP contribution in [-0.4, -0.2) is 47.7 Å². The molecule has 2 fully saturated rings. The molecular weight excluding hydrogens is 298 g/mol. The number of likely N-dealkylation sites (tertiary alicyclic amines) is 1. The van der Waals surface area contributed by atoms with Crippen molar-refractivity contribution in [1.29, 1.82) is 0 Å². The van der Waals surface area contributed by atoms with Crippen molar-refractivity contribution in [2.75, 3.05) is 26.8 Å². The Hall–Kier alpha value is -1.00. The van der Waals surface area contributed by atoms with Crippen molar-refractivity contribution in [3.8, 4) is 0 Å². The molecule has 24 heavy (non-hydrogen) atoms. The van der Waals surface area contributed by atoms with E-state index in [-0.39, 0.29) is 0 Å². The number of hydrogen-bond acceptors (Lipinski definition) is 4. The smallest absolute Gasteiger partial charge is 0.130 e. The van der Waals surface area contributed by atoms with E-state index >= 15 is 0 Å². The Morgan fingerprint density at radius 2 is 1.67 bits per heavy atom. The van der Waals surface area contributed by atoms with E-state index in [1.807, 2.05) is 7.11 Å². The monoisotopic (exact) mass is 331 g/mol. The lowest BCUT2D eigenvalue weighted by molar-refractivity contribution is 0.0769. The zero-order chi connectivity index (χ0) is 16.9. The highest BCUT2D eigenvalue weighted by molar-refractivity contribution is 5.14.